The molecule has 5 heteroatoms. The third kappa shape index (κ3) is 5.49. The lowest BCUT2D eigenvalue weighted by atomic mass is 10.1. The lowest BCUT2D eigenvalue weighted by Gasteiger charge is -2.20. The molecule has 1 aliphatic rings. The van der Waals surface area contributed by atoms with Gasteiger partial charge in [-0.3, -0.25) is 9.69 Å². The van der Waals surface area contributed by atoms with Crippen LogP contribution in [0, 0.1) is 6.92 Å². The van der Waals surface area contributed by atoms with Gasteiger partial charge in [-0.15, -0.1) is 0 Å². The molecule has 1 amide bonds. The maximum Gasteiger partial charge on any atom is 0.261 e. The molecule has 4 nitrogen and oxygen atoms in total. The molecular weight excluding hydrogens is 372 g/mol. The number of aryl methyl sites for hydroxylation is 1. The predicted octanol–water partition coefficient (Wildman–Crippen LogP) is 4.72. The van der Waals surface area contributed by atoms with Crippen LogP contribution in [0.15, 0.2) is 42.5 Å². The molecule has 1 N–H and O–H groups in total. The Bertz CT molecular complexity index is 803. The molecular formula is C23H29ClN2O2. The highest BCUT2D eigenvalue weighted by Crippen LogP contribution is 2.22. The molecule has 0 radical (unpaired) electrons. The molecule has 0 saturated carbocycles. The number of ether oxygens (including phenoxy) is 1. The standard InChI is InChI=1S/C23H29ClN2O2/c1-3-22(28-20-10-11-21(24)17(2)14-20)23(27)25-15-18-8-4-5-9-19(18)16-26-12-6-7-13-26/h4-5,8-11,14,22H,3,6-7,12-13,15-16H2,1-2H3,(H,25,27). The Hall–Kier alpha value is -2.04. The molecule has 1 atom stereocenters. The van der Waals surface area contributed by atoms with Crippen LogP contribution in [0.25, 0.3) is 0 Å². The predicted molar refractivity (Wildman–Crippen MR) is 114 cm³/mol. The highest BCUT2D eigenvalue weighted by atomic mass is 35.5. The summed E-state index contributed by atoms with van der Waals surface area (Å²) in [4.78, 5) is 15.2. The first-order valence-corrected chi connectivity index (χ1v) is 10.4. The van der Waals surface area contributed by atoms with Crippen LogP contribution < -0.4 is 10.1 Å². The molecule has 1 fully saturated rings. The van der Waals surface area contributed by atoms with Crippen molar-refractivity contribution >= 4 is 17.5 Å². The number of nitrogens with zero attached hydrogens (tertiary/aromatic N) is 1. The zero-order valence-corrected chi connectivity index (χ0v) is 17.5. The van der Waals surface area contributed by atoms with Gasteiger partial charge in [0.2, 0.25) is 0 Å². The van der Waals surface area contributed by atoms with E-state index in [1.807, 2.05) is 26.0 Å². The van der Waals surface area contributed by atoms with E-state index in [-0.39, 0.29) is 5.91 Å². The zero-order valence-electron chi connectivity index (χ0n) is 16.7. The molecule has 2 aromatic rings. The average Bonchev–Trinajstić information content (AvgIpc) is 3.21. The lowest BCUT2D eigenvalue weighted by Crippen LogP contribution is -2.37. The number of benzene rings is 2. The summed E-state index contributed by atoms with van der Waals surface area (Å²) < 4.78 is 5.91. The van der Waals surface area contributed by atoms with E-state index in [0.29, 0.717) is 23.7 Å². The van der Waals surface area contributed by atoms with Crippen LogP contribution in [0.4, 0.5) is 0 Å². The highest BCUT2D eigenvalue weighted by molar-refractivity contribution is 6.31. The molecule has 0 aromatic heterocycles. The summed E-state index contributed by atoms with van der Waals surface area (Å²) in [5.74, 6) is 0.574. The number of nitrogens with one attached hydrogen (secondary N) is 1. The van der Waals surface area contributed by atoms with Gasteiger partial charge in [0.15, 0.2) is 6.10 Å². The summed E-state index contributed by atoms with van der Waals surface area (Å²) in [6.07, 6.45) is 2.63. The molecule has 150 valence electrons. The van der Waals surface area contributed by atoms with Crippen LogP contribution in [-0.2, 0) is 17.9 Å². The topological polar surface area (TPSA) is 41.6 Å². The van der Waals surface area contributed by atoms with Crippen LogP contribution in [0.2, 0.25) is 5.02 Å². The molecule has 0 bridgehead atoms. The maximum absolute atomic E-state index is 12.7. The van der Waals surface area contributed by atoms with E-state index in [4.69, 9.17) is 16.3 Å². The fourth-order valence-electron chi connectivity index (χ4n) is 3.54. The second-order valence-electron chi connectivity index (χ2n) is 7.40. The van der Waals surface area contributed by atoms with E-state index in [0.717, 1.165) is 25.2 Å². The van der Waals surface area contributed by atoms with Gasteiger partial charge in [-0.25, -0.2) is 0 Å². The lowest BCUT2D eigenvalue weighted by molar-refractivity contribution is -0.128. The van der Waals surface area contributed by atoms with Gasteiger partial charge in [0.1, 0.15) is 5.75 Å². The van der Waals surface area contributed by atoms with Crippen molar-refractivity contribution < 1.29 is 9.53 Å². The number of halogens is 1. The molecule has 1 aliphatic heterocycles. The maximum atomic E-state index is 12.7. The number of hydrogen-bond donors (Lipinski definition) is 1. The summed E-state index contributed by atoms with van der Waals surface area (Å²) in [7, 11) is 0. The van der Waals surface area contributed by atoms with Crippen molar-refractivity contribution in [3.05, 3.63) is 64.2 Å². The average molecular weight is 401 g/mol. The molecule has 2 aromatic carbocycles. The molecule has 1 heterocycles. The summed E-state index contributed by atoms with van der Waals surface area (Å²) >= 11 is 6.07. The third-order valence-electron chi connectivity index (χ3n) is 5.24. The summed E-state index contributed by atoms with van der Waals surface area (Å²) in [5, 5.41) is 3.75. The number of amides is 1. The largest absolute Gasteiger partial charge is 0.481 e. The van der Waals surface area contributed by atoms with E-state index in [1.54, 1.807) is 12.1 Å². The molecule has 1 saturated heterocycles. The normalized spacial score (nSPS) is 15.4. The van der Waals surface area contributed by atoms with E-state index in [9.17, 15) is 4.79 Å². The number of likely N-dealkylation sites (tertiary alicyclic amines) is 1. The minimum atomic E-state index is -0.522. The Morgan fingerprint density at radius 3 is 2.57 bits per heavy atom. The minimum absolute atomic E-state index is 0.0916. The van der Waals surface area contributed by atoms with Gasteiger partial charge in [-0.05, 0) is 74.2 Å². The molecule has 28 heavy (non-hydrogen) atoms. The SMILES string of the molecule is CCC(Oc1ccc(Cl)c(C)c1)C(=O)NCc1ccccc1CN1CCCC1. The Kier molecular flexibility index (Phi) is 7.35. The first kappa shape index (κ1) is 20.7. The van der Waals surface area contributed by atoms with Gasteiger partial charge in [-0.1, -0.05) is 42.8 Å². The van der Waals surface area contributed by atoms with Gasteiger partial charge in [0.25, 0.3) is 5.91 Å². The smallest absolute Gasteiger partial charge is 0.261 e. The Morgan fingerprint density at radius 2 is 1.89 bits per heavy atom. The number of carbonyl (C=O) groups excluding carboxylic acids is 1. The van der Waals surface area contributed by atoms with Crippen molar-refractivity contribution in [3.63, 3.8) is 0 Å². The Labute approximate surface area is 172 Å². The van der Waals surface area contributed by atoms with Gasteiger partial charge in [-0.2, -0.15) is 0 Å². The molecule has 3 rings (SSSR count). The highest BCUT2D eigenvalue weighted by Gasteiger charge is 2.19. The third-order valence-corrected chi connectivity index (χ3v) is 5.66. The summed E-state index contributed by atoms with van der Waals surface area (Å²) in [6.45, 7) is 7.66. The summed E-state index contributed by atoms with van der Waals surface area (Å²) in [6, 6.07) is 13.8. The van der Waals surface area contributed by atoms with Crippen molar-refractivity contribution in [1.82, 2.24) is 10.2 Å². The van der Waals surface area contributed by atoms with E-state index in [2.05, 4.69) is 28.4 Å². The van der Waals surface area contributed by atoms with E-state index in [1.165, 1.54) is 24.0 Å². The monoisotopic (exact) mass is 400 g/mol. The van der Waals surface area contributed by atoms with Crippen molar-refractivity contribution in [2.45, 2.75) is 52.3 Å². The number of carbonyl (C=O) groups is 1. The van der Waals surface area contributed by atoms with Crippen LogP contribution in [0.1, 0.15) is 42.9 Å². The zero-order chi connectivity index (χ0) is 19.9. The van der Waals surface area contributed by atoms with Crippen LogP contribution in [-0.4, -0.2) is 30.0 Å². The molecule has 1 unspecified atom stereocenters. The first-order valence-electron chi connectivity index (χ1n) is 10.1. The van der Waals surface area contributed by atoms with Crippen molar-refractivity contribution in [2.24, 2.45) is 0 Å². The minimum Gasteiger partial charge on any atom is -0.481 e. The number of hydrogen-bond acceptors (Lipinski definition) is 3. The Balaban J connectivity index is 1.59. The summed E-state index contributed by atoms with van der Waals surface area (Å²) in [5.41, 5.74) is 3.39. The van der Waals surface area contributed by atoms with Crippen molar-refractivity contribution in [2.75, 3.05) is 13.1 Å². The second-order valence-corrected chi connectivity index (χ2v) is 7.80. The van der Waals surface area contributed by atoms with Gasteiger partial charge >= 0.3 is 0 Å². The van der Waals surface area contributed by atoms with Crippen LogP contribution in [0.5, 0.6) is 5.75 Å². The number of rotatable bonds is 8. The fraction of sp³-hybridized carbons (Fsp3) is 0.435. The first-order chi connectivity index (χ1) is 13.6. The van der Waals surface area contributed by atoms with E-state index < -0.39 is 6.10 Å². The van der Waals surface area contributed by atoms with Gasteiger partial charge in [0, 0.05) is 18.1 Å². The van der Waals surface area contributed by atoms with Gasteiger partial charge in [0.05, 0.1) is 0 Å². The van der Waals surface area contributed by atoms with Crippen molar-refractivity contribution in [3.8, 4) is 5.75 Å². The second kappa shape index (κ2) is 9.94. The van der Waals surface area contributed by atoms with Gasteiger partial charge < -0.3 is 10.1 Å². The van der Waals surface area contributed by atoms with E-state index >= 15 is 0 Å². The quantitative estimate of drug-likeness (QED) is 0.697. The van der Waals surface area contributed by atoms with Crippen LogP contribution >= 0.6 is 11.6 Å². The molecule has 0 aliphatic carbocycles. The van der Waals surface area contributed by atoms with Crippen molar-refractivity contribution in [1.29, 1.82) is 0 Å². The Morgan fingerprint density at radius 1 is 1.18 bits per heavy atom. The van der Waals surface area contributed by atoms with Crippen LogP contribution in [0.3, 0.4) is 0 Å². The fourth-order valence-corrected chi connectivity index (χ4v) is 3.66. The molecule has 0 spiro atoms.